The van der Waals surface area contributed by atoms with Gasteiger partial charge in [0.05, 0.1) is 23.7 Å². The lowest BCUT2D eigenvalue weighted by Gasteiger charge is -2.39. The maximum atomic E-state index is 12.8. The van der Waals surface area contributed by atoms with E-state index in [4.69, 9.17) is 9.47 Å². The van der Waals surface area contributed by atoms with E-state index in [1.165, 1.54) is 0 Å². The first-order chi connectivity index (χ1) is 15.4. The van der Waals surface area contributed by atoms with Crippen molar-refractivity contribution in [3.63, 3.8) is 0 Å². The van der Waals surface area contributed by atoms with Gasteiger partial charge in [0.1, 0.15) is 24.5 Å². The molecule has 2 aromatic rings. The lowest BCUT2D eigenvalue weighted by Crippen LogP contribution is -2.52. The average molecular weight is 475 g/mol. The summed E-state index contributed by atoms with van der Waals surface area (Å²) in [4.78, 5) is 26.0. The zero-order valence-electron chi connectivity index (χ0n) is 21.0. The van der Waals surface area contributed by atoms with Crippen LogP contribution in [0.2, 0.25) is 25.7 Å². The zero-order chi connectivity index (χ0) is 24.0. The molecule has 2 bridgehead atoms. The number of amides is 1. The second-order valence-corrected chi connectivity index (χ2v) is 17.3. The minimum absolute atomic E-state index is 0.125. The van der Waals surface area contributed by atoms with Crippen LogP contribution in [0, 0.1) is 5.92 Å². The molecule has 4 rings (SSSR count). The van der Waals surface area contributed by atoms with Crippen molar-refractivity contribution < 1.29 is 14.3 Å². The number of likely N-dealkylation sites (tertiary alicyclic amines) is 1. The summed E-state index contributed by atoms with van der Waals surface area (Å²) in [6, 6.07) is 1.43. The number of carbonyl (C=O) groups is 1. The van der Waals surface area contributed by atoms with Crippen molar-refractivity contribution in [1.82, 2.24) is 24.6 Å². The molecule has 1 amide bonds. The van der Waals surface area contributed by atoms with E-state index in [1.54, 1.807) is 11.0 Å². The van der Waals surface area contributed by atoms with Crippen molar-refractivity contribution in [3.05, 3.63) is 12.5 Å². The van der Waals surface area contributed by atoms with Crippen molar-refractivity contribution >= 4 is 31.0 Å². The van der Waals surface area contributed by atoms with E-state index >= 15 is 0 Å². The van der Waals surface area contributed by atoms with Crippen LogP contribution >= 0.6 is 0 Å². The molecule has 2 aliphatic rings. The highest BCUT2D eigenvalue weighted by molar-refractivity contribution is 6.76. The molecule has 0 spiro atoms. The number of piperidine rings is 1. The van der Waals surface area contributed by atoms with Gasteiger partial charge in [0.15, 0.2) is 5.65 Å². The first-order valence-corrected chi connectivity index (χ1v) is 15.6. The van der Waals surface area contributed by atoms with Crippen LogP contribution in [-0.4, -0.2) is 76.7 Å². The first kappa shape index (κ1) is 23.9. The third-order valence-electron chi connectivity index (χ3n) is 6.53. The number of rotatable bonds is 7. The third-order valence-corrected chi connectivity index (χ3v) is 8.24. The van der Waals surface area contributed by atoms with E-state index in [0.717, 1.165) is 48.9 Å². The van der Waals surface area contributed by atoms with Gasteiger partial charge in [-0.05, 0) is 45.6 Å². The van der Waals surface area contributed by atoms with Gasteiger partial charge in [-0.15, -0.1) is 0 Å². The summed E-state index contributed by atoms with van der Waals surface area (Å²) in [5.74, 6) is 1.34. The highest BCUT2D eigenvalue weighted by Gasteiger charge is 2.49. The van der Waals surface area contributed by atoms with Crippen molar-refractivity contribution in [2.24, 2.45) is 5.92 Å². The van der Waals surface area contributed by atoms with Crippen LogP contribution in [0.4, 0.5) is 10.6 Å². The Morgan fingerprint density at radius 1 is 1.24 bits per heavy atom. The maximum absolute atomic E-state index is 12.8. The molecule has 3 heterocycles. The quantitative estimate of drug-likeness (QED) is 0.443. The minimum Gasteiger partial charge on any atom is -0.444 e. The Morgan fingerprint density at radius 2 is 2.00 bits per heavy atom. The van der Waals surface area contributed by atoms with Gasteiger partial charge in [-0.1, -0.05) is 19.6 Å². The number of nitrogens with zero attached hydrogens (tertiary/aromatic N) is 6. The third kappa shape index (κ3) is 5.32. The normalized spacial score (nSPS) is 22.9. The van der Waals surface area contributed by atoms with E-state index < -0.39 is 13.7 Å². The summed E-state index contributed by atoms with van der Waals surface area (Å²) in [5.41, 5.74) is 0.275. The fourth-order valence-electron chi connectivity index (χ4n) is 4.88. The Kier molecular flexibility index (Phi) is 6.43. The first-order valence-electron chi connectivity index (χ1n) is 11.9. The maximum Gasteiger partial charge on any atom is 0.410 e. The number of hydrogen-bond donors (Lipinski definition) is 0. The van der Waals surface area contributed by atoms with Crippen molar-refractivity contribution in [3.8, 4) is 0 Å². The van der Waals surface area contributed by atoms with Crippen LogP contribution in [0.5, 0.6) is 0 Å². The number of anilines is 1. The van der Waals surface area contributed by atoms with Crippen molar-refractivity contribution in [2.75, 3.05) is 25.1 Å². The number of fused-ring (bicyclic) bond motifs is 3. The molecule has 0 radical (unpaired) electrons. The smallest absolute Gasteiger partial charge is 0.410 e. The number of ether oxygens (including phenoxy) is 2. The summed E-state index contributed by atoms with van der Waals surface area (Å²) >= 11 is 0. The van der Waals surface area contributed by atoms with Gasteiger partial charge < -0.3 is 19.3 Å². The Morgan fingerprint density at radius 3 is 2.67 bits per heavy atom. The predicted octanol–water partition coefficient (Wildman–Crippen LogP) is 3.97. The molecule has 0 N–H and O–H groups in total. The fraction of sp³-hybridized carbons (Fsp3) is 0.739. The van der Waals surface area contributed by atoms with E-state index in [-0.39, 0.29) is 18.2 Å². The number of carbonyl (C=O) groups excluding carboxylic acids is 1. The SMILES string of the molecule is CN(c1ncnc2c1cnn2COCC[Si](C)(C)C)C1CC2CC1N(C(=O)OC(C)(C)C)C2. The second kappa shape index (κ2) is 8.86. The second-order valence-electron chi connectivity index (χ2n) is 11.6. The lowest BCUT2D eigenvalue weighted by molar-refractivity contribution is 0.0171. The molecule has 1 saturated carbocycles. The molecule has 9 nitrogen and oxygen atoms in total. The molecule has 1 aliphatic heterocycles. The van der Waals surface area contributed by atoms with Crippen LogP contribution in [-0.2, 0) is 16.2 Å². The molecule has 3 atom stereocenters. The predicted molar refractivity (Wildman–Crippen MR) is 131 cm³/mol. The molecule has 182 valence electrons. The van der Waals surface area contributed by atoms with Gasteiger partial charge in [0.25, 0.3) is 0 Å². The number of likely N-dealkylation sites (N-methyl/N-ethyl adjacent to an activating group) is 1. The van der Waals surface area contributed by atoms with Crippen LogP contribution in [0.15, 0.2) is 12.5 Å². The van der Waals surface area contributed by atoms with Crippen LogP contribution < -0.4 is 4.90 Å². The van der Waals surface area contributed by atoms with Gasteiger partial charge in [-0.2, -0.15) is 5.10 Å². The minimum atomic E-state index is -1.13. The van der Waals surface area contributed by atoms with Gasteiger partial charge in [0.2, 0.25) is 0 Å². The van der Waals surface area contributed by atoms with Gasteiger partial charge in [-0.25, -0.2) is 19.4 Å². The summed E-state index contributed by atoms with van der Waals surface area (Å²) in [5, 5.41) is 5.42. The largest absolute Gasteiger partial charge is 0.444 e. The highest BCUT2D eigenvalue weighted by Crippen LogP contribution is 2.42. The Hall–Kier alpha value is -2.20. The standard InChI is InChI=1S/C23H38N6O3Si/c1-23(2,3)32-22(30)28-13-16-10-18(19(28)11-16)27(4)20-17-12-26-29(21(17)25-14-24-20)15-31-8-9-33(5,6)7/h12,14,16,18-19H,8-11,13,15H2,1-7H3. The van der Waals surface area contributed by atoms with Crippen LogP contribution in [0.1, 0.15) is 33.6 Å². The van der Waals surface area contributed by atoms with E-state index in [0.29, 0.717) is 12.6 Å². The van der Waals surface area contributed by atoms with E-state index in [9.17, 15) is 4.79 Å². The monoisotopic (exact) mass is 474 g/mol. The molecule has 3 unspecified atom stereocenters. The topological polar surface area (TPSA) is 85.6 Å². The lowest BCUT2D eigenvalue weighted by atomic mass is 10.0. The van der Waals surface area contributed by atoms with Crippen LogP contribution in [0.25, 0.3) is 11.0 Å². The highest BCUT2D eigenvalue weighted by atomic mass is 28.3. The number of aromatic nitrogens is 4. The molecule has 2 fully saturated rings. The molecular weight excluding hydrogens is 436 g/mol. The Bertz CT molecular complexity index is 998. The summed E-state index contributed by atoms with van der Waals surface area (Å²) < 4.78 is 13.4. The molecule has 33 heavy (non-hydrogen) atoms. The summed E-state index contributed by atoms with van der Waals surface area (Å²) in [6.07, 6.45) is 5.24. The summed E-state index contributed by atoms with van der Waals surface area (Å²) in [7, 11) is 0.928. The van der Waals surface area contributed by atoms with Crippen molar-refractivity contribution in [1.29, 1.82) is 0 Å². The van der Waals surface area contributed by atoms with Gasteiger partial charge in [-0.3, -0.25) is 0 Å². The Labute approximate surface area is 197 Å². The van der Waals surface area contributed by atoms with Gasteiger partial charge >= 0.3 is 6.09 Å². The van der Waals surface area contributed by atoms with E-state index in [1.807, 2.05) is 31.9 Å². The average Bonchev–Trinajstić information content (AvgIpc) is 3.42. The molecule has 2 aromatic heterocycles. The number of hydrogen-bond acceptors (Lipinski definition) is 7. The van der Waals surface area contributed by atoms with Crippen molar-refractivity contribution in [2.45, 2.75) is 83.7 Å². The zero-order valence-corrected chi connectivity index (χ0v) is 22.0. The van der Waals surface area contributed by atoms with Gasteiger partial charge in [0, 0.05) is 28.3 Å². The molecule has 1 aliphatic carbocycles. The molecule has 0 aromatic carbocycles. The molecule has 1 saturated heterocycles. The fourth-order valence-corrected chi connectivity index (χ4v) is 5.64. The molecular formula is C23H38N6O3Si. The van der Waals surface area contributed by atoms with E-state index in [2.05, 4.69) is 46.7 Å². The Balaban J connectivity index is 1.48. The summed E-state index contributed by atoms with van der Waals surface area (Å²) in [6.45, 7) is 14.6. The van der Waals surface area contributed by atoms with Crippen LogP contribution in [0.3, 0.4) is 0 Å². The molecule has 10 heteroatoms.